The van der Waals surface area contributed by atoms with Gasteiger partial charge in [0.15, 0.2) is 0 Å². The van der Waals surface area contributed by atoms with E-state index in [9.17, 15) is 9.59 Å². The van der Waals surface area contributed by atoms with Crippen LogP contribution in [0.3, 0.4) is 0 Å². The molecule has 0 saturated heterocycles. The fourth-order valence-corrected chi connectivity index (χ4v) is 3.94. The molecule has 0 unspecified atom stereocenters. The van der Waals surface area contributed by atoms with Crippen LogP contribution in [-0.4, -0.2) is 23.8 Å². The zero-order valence-electron chi connectivity index (χ0n) is 15.9. The SMILES string of the molecule is CN1C(=O)c2cccc3cc(N(c4ccccc4)c4ccccc4)cc(c23)C1=O. The highest BCUT2D eigenvalue weighted by Gasteiger charge is 2.31. The highest BCUT2D eigenvalue weighted by Crippen LogP contribution is 2.39. The van der Waals surface area contributed by atoms with E-state index in [0.29, 0.717) is 11.1 Å². The summed E-state index contributed by atoms with van der Waals surface area (Å²) in [5, 5.41) is 1.60. The Bertz CT molecular complexity index is 1210. The number of carbonyl (C=O) groups is 2. The Labute approximate surface area is 168 Å². The first-order valence-electron chi connectivity index (χ1n) is 9.44. The van der Waals surface area contributed by atoms with Gasteiger partial charge in [0.25, 0.3) is 11.8 Å². The predicted molar refractivity (Wildman–Crippen MR) is 115 cm³/mol. The lowest BCUT2D eigenvalue weighted by Gasteiger charge is -2.29. The molecule has 1 aliphatic heterocycles. The van der Waals surface area contributed by atoms with Crippen LogP contribution in [0.4, 0.5) is 17.1 Å². The van der Waals surface area contributed by atoms with Crippen molar-refractivity contribution in [3.8, 4) is 0 Å². The van der Waals surface area contributed by atoms with Crippen molar-refractivity contribution in [1.82, 2.24) is 4.90 Å². The molecular weight excluding hydrogens is 360 g/mol. The van der Waals surface area contributed by atoms with Gasteiger partial charge in [-0.25, -0.2) is 0 Å². The molecule has 2 amide bonds. The van der Waals surface area contributed by atoms with Crippen molar-refractivity contribution in [3.05, 3.63) is 102 Å². The Kier molecular flexibility index (Phi) is 3.91. The number of amides is 2. The third-order valence-electron chi connectivity index (χ3n) is 5.32. The first-order valence-corrected chi connectivity index (χ1v) is 9.44. The van der Waals surface area contributed by atoms with Crippen molar-refractivity contribution in [2.24, 2.45) is 0 Å². The second-order valence-corrected chi connectivity index (χ2v) is 7.07. The van der Waals surface area contributed by atoms with Crippen molar-refractivity contribution in [1.29, 1.82) is 0 Å². The summed E-state index contributed by atoms with van der Waals surface area (Å²) in [4.78, 5) is 28.8. The minimum Gasteiger partial charge on any atom is -0.310 e. The molecule has 4 aromatic carbocycles. The number of carbonyl (C=O) groups excluding carboxylic acids is 2. The minimum atomic E-state index is -0.276. The van der Waals surface area contributed by atoms with Gasteiger partial charge < -0.3 is 4.90 Å². The first kappa shape index (κ1) is 17.2. The van der Waals surface area contributed by atoms with E-state index < -0.39 is 0 Å². The fraction of sp³-hybridized carbons (Fsp3) is 0.0400. The van der Waals surface area contributed by atoms with E-state index in [1.54, 1.807) is 6.07 Å². The highest BCUT2D eigenvalue weighted by molar-refractivity contribution is 6.26. The van der Waals surface area contributed by atoms with E-state index in [-0.39, 0.29) is 11.8 Å². The molecular formula is C25H18N2O2. The lowest BCUT2D eigenvalue weighted by molar-refractivity contribution is 0.0650. The molecule has 5 rings (SSSR count). The van der Waals surface area contributed by atoms with Crippen molar-refractivity contribution in [2.45, 2.75) is 0 Å². The molecule has 140 valence electrons. The van der Waals surface area contributed by atoms with Crippen molar-refractivity contribution < 1.29 is 9.59 Å². The maximum atomic E-state index is 12.9. The van der Waals surface area contributed by atoms with Gasteiger partial charge >= 0.3 is 0 Å². The molecule has 1 aliphatic rings. The van der Waals surface area contributed by atoms with E-state index in [4.69, 9.17) is 0 Å². The number of anilines is 3. The molecule has 0 aromatic heterocycles. The topological polar surface area (TPSA) is 40.6 Å². The number of nitrogens with zero attached hydrogens (tertiary/aromatic N) is 2. The zero-order chi connectivity index (χ0) is 20.0. The summed E-state index contributed by atoms with van der Waals surface area (Å²) in [6.07, 6.45) is 0. The van der Waals surface area contributed by atoms with E-state index in [1.165, 1.54) is 11.9 Å². The van der Waals surface area contributed by atoms with Crippen LogP contribution >= 0.6 is 0 Å². The molecule has 0 atom stereocenters. The molecule has 0 saturated carbocycles. The average Bonchev–Trinajstić information content (AvgIpc) is 2.77. The first-order chi connectivity index (χ1) is 14.1. The zero-order valence-corrected chi connectivity index (χ0v) is 15.9. The third kappa shape index (κ3) is 2.69. The Morgan fingerprint density at radius 1 is 0.621 bits per heavy atom. The summed E-state index contributed by atoms with van der Waals surface area (Å²) in [6, 6.07) is 29.6. The van der Waals surface area contributed by atoms with Gasteiger partial charge in [-0.05, 0) is 47.9 Å². The summed E-state index contributed by atoms with van der Waals surface area (Å²) in [6.45, 7) is 0. The quantitative estimate of drug-likeness (QED) is 0.440. The number of hydrogen-bond acceptors (Lipinski definition) is 3. The molecule has 4 heteroatoms. The van der Waals surface area contributed by atoms with Crippen molar-refractivity contribution >= 4 is 39.6 Å². The smallest absolute Gasteiger partial charge is 0.261 e. The van der Waals surface area contributed by atoms with Gasteiger partial charge in [0.2, 0.25) is 0 Å². The number of hydrogen-bond donors (Lipinski definition) is 0. The summed E-state index contributed by atoms with van der Waals surface area (Å²) in [7, 11) is 1.53. The maximum absolute atomic E-state index is 12.9. The molecule has 29 heavy (non-hydrogen) atoms. The predicted octanol–water partition coefficient (Wildman–Crippen LogP) is 5.54. The van der Waals surface area contributed by atoms with Crippen LogP contribution in [0.25, 0.3) is 10.8 Å². The van der Waals surface area contributed by atoms with Crippen LogP contribution in [0, 0.1) is 0 Å². The molecule has 1 heterocycles. The molecule has 0 aliphatic carbocycles. The van der Waals surface area contributed by atoms with E-state index in [1.807, 2.05) is 84.9 Å². The minimum absolute atomic E-state index is 0.260. The summed E-state index contributed by atoms with van der Waals surface area (Å²) >= 11 is 0. The molecule has 4 aromatic rings. The fourth-order valence-electron chi connectivity index (χ4n) is 3.94. The monoisotopic (exact) mass is 378 g/mol. The molecule has 4 nitrogen and oxygen atoms in total. The van der Waals surface area contributed by atoms with Gasteiger partial charge in [0.05, 0.1) is 5.56 Å². The van der Waals surface area contributed by atoms with Crippen LogP contribution in [0.1, 0.15) is 20.7 Å². The Morgan fingerprint density at radius 3 is 1.83 bits per heavy atom. The molecule has 0 radical (unpaired) electrons. The molecule has 0 bridgehead atoms. The summed E-state index contributed by atoms with van der Waals surface area (Å²) in [5.74, 6) is -0.537. The van der Waals surface area contributed by atoms with Gasteiger partial charge in [-0.3, -0.25) is 14.5 Å². The average molecular weight is 378 g/mol. The standard InChI is InChI=1S/C25H18N2O2/c1-26-24(28)21-14-8-9-17-15-20(16-22(23(17)21)25(26)29)27(18-10-4-2-5-11-18)19-12-6-3-7-13-19/h2-16H,1H3. The number of para-hydroxylation sites is 2. The summed E-state index contributed by atoms with van der Waals surface area (Å²) < 4.78 is 0. The van der Waals surface area contributed by atoms with E-state index in [2.05, 4.69) is 4.90 Å². The molecule has 0 fully saturated rings. The van der Waals surface area contributed by atoms with Crippen molar-refractivity contribution in [2.75, 3.05) is 11.9 Å². The largest absolute Gasteiger partial charge is 0.310 e. The number of rotatable bonds is 3. The Hall–Kier alpha value is -3.92. The lowest BCUT2D eigenvalue weighted by atomic mass is 9.93. The second-order valence-electron chi connectivity index (χ2n) is 7.07. The normalized spacial score (nSPS) is 13.1. The van der Waals surface area contributed by atoms with Gasteiger partial charge in [0.1, 0.15) is 0 Å². The van der Waals surface area contributed by atoms with Gasteiger partial charge in [-0.1, -0.05) is 48.5 Å². The van der Waals surface area contributed by atoms with Crippen LogP contribution in [-0.2, 0) is 0 Å². The van der Waals surface area contributed by atoms with Crippen LogP contribution < -0.4 is 4.90 Å². The van der Waals surface area contributed by atoms with Gasteiger partial charge in [0, 0.05) is 35.1 Å². The van der Waals surface area contributed by atoms with Gasteiger partial charge in [-0.15, -0.1) is 0 Å². The Balaban J connectivity index is 1.80. The van der Waals surface area contributed by atoms with Crippen molar-refractivity contribution in [3.63, 3.8) is 0 Å². The van der Waals surface area contributed by atoms with E-state index in [0.717, 1.165) is 27.8 Å². The summed E-state index contributed by atoms with van der Waals surface area (Å²) in [5.41, 5.74) is 3.98. The molecule has 0 spiro atoms. The molecule has 0 N–H and O–H groups in total. The van der Waals surface area contributed by atoms with Gasteiger partial charge in [-0.2, -0.15) is 0 Å². The van der Waals surface area contributed by atoms with Crippen LogP contribution in [0.5, 0.6) is 0 Å². The third-order valence-corrected chi connectivity index (χ3v) is 5.32. The maximum Gasteiger partial charge on any atom is 0.261 e. The highest BCUT2D eigenvalue weighted by atomic mass is 16.2. The number of imide groups is 1. The Morgan fingerprint density at radius 2 is 1.21 bits per heavy atom. The van der Waals surface area contributed by atoms with E-state index >= 15 is 0 Å². The van der Waals surface area contributed by atoms with Crippen LogP contribution in [0.2, 0.25) is 0 Å². The lowest BCUT2D eigenvalue weighted by Crippen LogP contribution is -2.37. The van der Waals surface area contributed by atoms with Crippen LogP contribution in [0.15, 0.2) is 91.0 Å². The second kappa shape index (κ2) is 6.60. The number of benzene rings is 4.